The van der Waals surface area contributed by atoms with Gasteiger partial charge in [-0.1, -0.05) is 36.4 Å². The molecule has 0 aliphatic heterocycles. The second-order valence-corrected chi connectivity index (χ2v) is 6.26. The van der Waals surface area contributed by atoms with Gasteiger partial charge in [-0.05, 0) is 43.1 Å². The summed E-state index contributed by atoms with van der Waals surface area (Å²) in [4.78, 5) is 14.1. The number of benzene rings is 2. The van der Waals surface area contributed by atoms with Crippen LogP contribution in [0.3, 0.4) is 0 Å². The topological polar surface area (TPSA) is 50.8 Å². The molecule has 0 aliphatic carbocycles. The fourth-order valence-electron chi connectivity index (χ4n) is 2.73. The lowest BCUT2D eigenvalue weighted by Gasteiger charge is -2.17. The van der Waals surface area contributed by atoms with Crippen molar-refractivity contribution in [2.75, 3.05) is 40.9 Å². The molecule has 26 heavy (non-hydrogen) atoms. The van der Waals surface area contributed by atoms with Crippen LogP contribution in [-0.2, 0) is 17.6 Å². The molecule has 0 bridgehead atoms. The number of hydrogen-bond acceptors (Lipinski definition) is 4. The van der Waals surface area contributed by atoms with Gasteiger partial charge in [-0.3, -0.25) is 9.69 Å². The van der Waals surface area contributed by atoms with Gasteiger partial charge in [-0.25, -0.2) is 0 Å². The molecule has 2 aromatic carbocycles. The van der Waals surface area contributed by atoms with E-state index in [2.05, 4.69) is 17.4 Å². The molecule has 0 spiro atoms. The maximum atomic E-state index is 12.0. The first-order chi connectivity index (χ1) is 12.6. The Hall–Kier alpha value is -2.53. The molecule has 0 atom stereocenters. The molecule has 1 N–H and O–H groups in total. The van der Waals surface area contributed by atoms with E-state index in [1.54, 1.807) is 14.2 Å². The average molecular weight is 356 g/mol. The molecule has 0 aromatic heterocycles. The molecule has 0 aliphatic rings. The van der Waals surface area contributed by atoms with Crippen LogP contribution in [0.25, 0.3) is 0 Å². The third-order valence-corrected chi connectivity index (χ3v) is 4.22. The molecule has 0 radical (unpaired) electrons. The molecule has 2 rings (SSSR count). The molecule has 0 saturated carbocycles. The minimum absolute atomic E-state index is 0.0516. The van der Waals surface area contributed by atoms with Crippen molar-refractivity contribution in [3.05, 3.63) is 59.7 Å². The van der Waals surface area contributed by atoms with E-state index in [0.717, 1.165) is 36.4 Å². The smallest absolute Gasteiger partial charge is 0.234 e. The highest BCUT2D eigenvalue weighted by Crippen LogP contribution is 2.27. The van der Waals surface area contributed by atoms with E-state index in [1.807, 2.05) is 48.3 Å². The van der Waals surface area contributed by atoms with Gasteiger partial charge in [0.1, 0.15) is 0 Å². The van der Waals surface area contributed by atoms with Crippen LogP contribution in [-0.4, -0.2) is 51.7 Å². The van der Waals surface area contributed by atoms with Crippen LogP contribution in [0.1, 0.15) is 11.1 Å². The molecule has 0 saturated heterocycles. The number of nitrogens with one attached hydrogen (secondary N) is 1. The summed E-state index contributed by atoms with van der Waals surface area (Å²) in [6.45, 7) is 1.84. The number of hydrogen-bond donors (Lipinski definition) is 1. The van der Waals surface area contributed by atoms with Gasteiger partial charge in [-0.15, -0.1) is 0 Å². The number of methoxy groups -OCH3 is 2. The van der Waals surface area contributed by atoms with Crippen molar-refractivity contribution < 1.29 is 14.3 Å². The summed E-state index contributed by atoms with van der Waals surface area (Å²) < 4.78 is 10.6. The van der Waals surface area contributed by atoms with Gasteiger partial charge < -0.3 is 14.8 Å². The van der Waals surface area contributed by atoms with Gasteiger partial charge in [0.25, 0.3) is 0 Å². The Morgan fingerprint density at radius 1 is 0.962 bits per heavy atom. The van der Waals surface area contributed by atoms with Gasteiger partial charge in [0.15, 0.2) is 11.5 Å². The highest BCUT2D eigenvalue weighted by atomic mass is 16.5. The van der Waals surface area contributed by atoms with Crippen molar-refractivity contribution in [3.8, 4) is 11.5 Å². The Labute approximate surface area is 155 Å². The number of carbonyl (C=O) groups excluding carboxylic acids is 1. The molecule has 2 aromatic rings. The molecule has 1 amide bonds. The fraction of sp³-hybridized carbons (Fsp3) is 0.381. The lowest BCUT2D eigenvalue weighted by molar-refractivity contribution is -0.121. The van der Waals surface area contributed by atoms with Crippen LogP contribution in [0.2, 0.25) is 0 Å². The first-order valence-electron chi connectivity index (χ1n) is 8.82. The summed E-state index contributed by atoms with van der Waals surface area (Å²) in [5.41, 5.74) is 2.38. The Morgan fingerprint density at radius 2 is 1.69 bits per heavy atom. The number of likely N-dealkylation sites (N-methyl/N-ethyl adjacent to an activating group) is 1. The molecule has 0 heterocycles. The zero-order chi connectivity index (χ0) is 18.8. The number of nitrogens with zero attached hydrogens (tertiary/aromatic N) is 1. The summed E-state index contributed by atoms with van der Waals surface area (Å²) in [7, 11) is 5.22. The minimum atomic E-state index is 0.0516. The van der Waals surface area contributed by atoms with Crippen molar-refractivity contribution in [2.24, 2.45) is 0 Å². The minimum Gasteiger partial charge on any atom is -0.493 e. The number of carbonyl (C=O) groups is 1. The highest BCUT2D eigenvalue weighted by molar-refractivity contribution is 5.77. The van der Waals surface area contributed by atoms with E-state index in [1.165, 1.54) is 5.56 Å². The van der Waals surface area contributed by atoms with Crippen molar-refractivity contribution in [1.82, 2.24) is 10.2 Å². The van der Waals surface area contributed by atoms with Gasteiger partial charge in [0, 0.05) is 13.1 Å². The normalized spacial score (nSPS) is 10.6. The number of ether oxygens (including phenoxy) is 2. The lowest BCUT2D eigenvalue weighted by atomic mass is 10.1. The predicted octanol–water partition coefficient (Wildman–Crippen LogP) is 2.54. The monoisotopic (exact) mass is 356 g/mol. The van der Waals surface area contributed by atoms with Crippen LogP contribution >= 0.6 is 0 Å². The van der Waals surface area contributed by atoms with Crippen molar-refractivity contribution in [1.29, 1.82) is 0 Å². The van der Waals surface area contributed by atoms with E-state index < -0.39 is 0 Å². The Kier molecular flexibility index (Phi) is 7.96. The predicted molar refractivity (Wildman–Crippen MR) is 104 cm³/mol. The van der Waals surface area contributed by atoms with Gasteiger partial charge >= 0.3 is 0 Å². The van der Waals surface area contributed by atoms with Crippen LogP contribution in [0, 0.1) is 0 Å². The molecule has 0 unspecified atom stereocenters. The lowest BCUT2D eigenvalue weighted by Crippen LogP contribution is -2.36. The van der Waals surface area contributed by atoms with Crippen molar-refractivity contribution in [2.45, 2.75) is 12.8 Å². The third kappa shape index (κ3) is 6.41. The van der Waals surface area contributed by atoms with Gasteiger partial charge in [0.05, 0.1) is 20.8 Å². The first-order valence-corrected chi connectivity index (χ1v) is 8.82. The van der Waals surface area contributed by atoms with E-state index in [4.69, 9.17) is 9.47 Å². The third-order valence-electron chi connectivity index (χ3n) is 4.22. The Balaban J connectivity index is 1.71. The quantitative estimate of drug-likeness (QED) is 0.711. The SMILES string of the molecule is COc1ccc(CCN(C)CC(=O)NCCc2ccccc2)cc1OC. The van der Waals surface area contributed by atoms with Crippen LogP contribution in [0.15, 0.2) is 48.5 Å². The second kappa shape index (κ2) is 10.5. The molecule has 5 heteroatoms. The van der Waals surface area contributed by atoms with Crippen LogP contribution in [0.5, 0.6) is 11.5 Å². The summed E-state index contributed by atoms with van der Waals surface area (Å²) in [6.07, 6.45) is 1.69. The maximum absolute atomic E-state index is 12.0. The average Bonchev–Trinajstić information content (AvgIpc) is 2.67. The molecular weight excluding hydrogens is 328 g/mol. The van der Waals surface area contributed by atoms with E-state index in [9.17, 15) is 4.79 Å². The van der Waals surface area contributed by atoms with E-state index in [-0.39, 0.29) is 5.91 Å². The molecular formula is C21H28N2O3. The fourth-order valence-corrected chi connectivity index (χ4v) is 2.73. The van der Waals surface area contributed by atoms with Crippen molar-refractivity contribution in [3.63, 3.8) is 0 Å². The maximum Gasteiger partial charge on any atom is 0.234 e. The summed E-state index contributed by atoms with van der Waals surface area (Å²) in [5.74, 6) is 1.50. The zero-order valence-electron chi connectivity index (χ0n) is 15.8. The summed E-state index contributed by atoms with van der Waals surface area (Å²) in [5, 5.41) is 2.98. The van der Waals surface area contributed by atoms with Crippen LogP contribution < -0.4 is 14.8 Å². The summed E-state index contributed by atoms with van der Waals surface area (Å²) >= 11 is 0. The number of rotatable bonds is 10. The molecule has 140 valence electrons. The van der Waals surface area contributed by atoms with Gasteiger partial charge in [0.2, 0.25) is 5.91 Å². The standard InChI is InChI=1S/C21H28N2O3/c1-23(14-12-18-9-10-19(25-2)20(15-18)26-3)16-21(24)22-13-11-17-7-5-4-6-8-17/h4-10,15H,11-14,16H2,1-3H3,(H,22,24). The number of amides is 1. The summed E-state index contributed by atoms with van der Waals surface area (Å²) in [6, 6.07) is 16.1. The van der Waals surface area contributed by atoms with Crippen LogP contribution in [0.4, 0.5) is 0 Å². The van der Waals surface area contributed by atoms with Crippen molar-refractivity contribution >= 4 is 5.91 Å². The first kappa shape index (κ1) is 19.8. The van der Waals surface area contributed by atoms with E-state index >= 15 is 0 Å². The van der Waals surface area contributed by atoms with E-state index in [0.29, 0.717) is 13.1 Å². The largest absolute Gasteiger partial charge is 0.493 e. The molecule has 5 nitrogen and oxygen atoms in total. The zero-order valence-corrected chi connectivity index (χ0v) is 15.8. The second-order valence-electron chi connectivity index (χ2n) is 6.26. The Bertz CT molecular complexity index is 689. The molecule has 0 fully saturated rings. The Morgan fingerprint density at radius 3 is 2.38 bits per heavy atom. The van der Waals surface area contributed by atoms with Gasteiger partial charge in [-0.2, -0.15) is 0 Å². The highest BCUT2D eigenvalue weighted by Gasteiger charge is 2.08.